The van der Waals surface area contributed by atoms with Gasteiger partial charge in [0.15, 0.2) is 0 Å². The smallest absolute Gasteiger partial charge is 0.249 e. The first-order valence-corrected chi connectivity index (χ1v) is 6.83. The summed E-state index contributed by atoms with van der Waals surface area (Å²) >= 11 is 0. The van der Waals surface area contributed by atoms with Crippen LogP contribution in [0.25, 0.3) is 0 Å². The topological polar surface area (TPSA) is 35.6 Å². The average molecular weight is 251 g/mol. The summed E-state index contributed by atoms with van der Waals surface area (Å²) < 4.78 is 0. The number of nitrogens with one attached hydrogen (secondary N) is 1. The van der Waals surface area contributed by atoms with Gasteiger partial charge in [-0.3, -0.25) is 9.69 Å². The van der Waals surface area contributed by atoms with E-state index in [9.17, 15) is 4.79 Å². The minimum atomic E-state index is 0.209. The molecule has 4 heteroatoms. The molecule has 0 unspecified atom stereocenters. The molecule has 0 aliphatic carbocycles. The molecule has 1 amide bonds. The molecule has 0 aromatic carbocycles. The maximum Gasteiger partial charge on any atom is 0.249 e. The standard InChI is InChI=1S/C14H25N3O/c1-11(12-9-15-10-12)13(18)16-5-7-17(8-6-16)14(2,3)4/h15H,5-10H2,1-4H3. The number of hydrogen-bond donors (Lipinski definition) is 1. The van der Waals surface area contributed by atoms with E-state index in [4.69, 9.17) is 0 Å². The summed E-state index contributed by atoms with van der Waals surface area (Å²) in [6.45, 7) is 14.1. The molecule has 0 bridgehead atoms. The molecule has 0 spiro atoms. The average Bonchev–Trinajstić information content (AvgIpc) is 2.24. The summed E-state index contributed by atoms with van der Waals surface area (Å²) in [7, 11) is 0. The number of piperazine rings is 1. The molecule has 0 saturated carbocycles. The molecule has 0 aromatic rings. The molecule has 18 heavy (non-hydrogen) atoms. The zero-order valence-electron chi connectivity index (χ0n) is 12.0. The summed E-state index contributed by atoms with van der Waals surface area (Å²) in [5.41, 5.74) is 2.44. The van der Waals surface area contributed by atoms with Crippen molar-refractivity contribution in [1.29, 1.82) is 0 Å². The molecular formula is C14H25N3O. The van der Waals surface area contributed by atoms with E-state index < -0.39 is 0 Å². The fourth-order valence-electron chi connectivity index (χ4n) is 2.48. The Bertz CT molecular complexity index is 354. The maximum atomic E-state index is 12.3. The van der Waals surface area contributed by atoms with Gasteiger partial charge in [0.05, 0.1) is 0 Å². The Hall–Kier alpha value is -0.870. The Balaban J connectivity index is 1.92. The van der Waals surface area contributed by atoms with Crippen molar-refractivity contribution in [3.63, 3.8) is 0 Å². The van der Waals surface area contributed by atoms with Crippen molar-refractivity contribution < 1.29 is 4.79 Å². The van der Waals surface area contributed by atoms with Gasteiger partial charge in [0, 0.05) is 50.4 Å². The van der Waals surface area contributed by atoms with Gasteiger partial charge in [0.1, 0.15) is 0 Å². The van der Waals surface area contributed by atoms with Crippen molar-refractivity contribution in [3.8, 4) is 0 Å². The molecule has 0 radical (unpaired) electrons. The Labute approximate surface area is 110 Å². The molecule has 1 N–H and O–H groups in total. The predicted octanol–water partition coefficient (Wildman–Crippen LogP) is 0.849. The van der Waals surface area contributed by atoms with Gasteiger partial charge in [-0.05, 0) is 33.3 Å². The zero-order valence-corrected chi connectivity index (χ0v) is 12.0. The van der Waals surface area contributed by atoms with Gasteiger partial charge in [-0.2, -0.15) is 0 Å². The normalized spacial score (nSPS) is 21.8. The van der Waals surface area contributed by atoms with E-state index in [2.05, 4.69) is 31.0 Å². The summed E-state index contributed by atoms with van der Waals surface area (Å²) in [5, 5.41) is 3.19. The van der Waals surface area contributed by atoms with Gasteiger partial charge >= 0.3 is 0 Å². The van der Waals surface area contributed by atoms with Gasteiger partial charge in [-0.1, -0.05) is 0 Å². The third-order valence-electron chi connectivity index (χ3n) is 4.04. The number of nitrogens with zero attached hydrogens (tertiary/aromatic N) is 2. The van der Waals surface area contributed by atoms with Crippen LogP contribution in [0.5, 0.6) is 0 Å². The van der Waals surface area contributed by atoms with Crippen LogP contribution in [0, 0.1) is 0 Å². The monoisotopic (exact) mass is 251 g/mol. The Morgan fingerprint density at radius 1 is 1.11 bits per heavy atom. The van der Waals surface area contributed by atoms with Crippen LogP contribution < -0.4 is 5.32 Å². The first-order chi connectivity index (χ1) is 8.39. The second-order valence-electron chi connectivity index (χ2n) is 6.28. The third-order valence-corrected chi connectivity index (χ3v) is 4.04. The molecule has 0 atom stereocenters. The second-order valence-corrected chi connectivity index (χ2v) is 6.28. The summed E-state index contributed by atoms with van der Waals surface area (Å²) in [6.07, 6.45) is 0. The lowest BCUT2D eigenvalue weighted by atomic mass is 10.0. The summed E-state index contributed by atoms with van der Waals surface area (Å²) in [6, 6.07) is 0. The number of carbonyl (C=O) groups excluding carboxylic acids is 1. The van der Waals surface area contributed by atoms with Crippen molar-refractivity contribution in [1.82, 2.24) is 15.1 Å². The van der Waals surface area contributed by atoms with Crippen LogP contribution in [0.15, 0.2) is 11.1 Å². The van der Waals surface area contributed by atoms with Crippen LogP contribution >= 0.6 is 0 Å². The summed E-state index contributed by atoms with van der Waals surface area (Å²) in [4.78, 5) is 16.8. The highest BCUT2D eigenvalue weighted by atomic mass is 16.2. The number of hydrogen-bond acceptors (Lipinski definition) is 3. The molecule has 2 heterocycles. The highest BCUT2D eigenvalue weighted by Gasteiger charge is 2.29. The van der Waals surface area contributed by atoms with Crippen molar-refractivity contribution in [2.75, 3.05) is 39.3 Å². The quantitative estimate of drug-likeness (QED) is 0.702. The molecule has 102 valence electrons. The number of amides is 1. The third kappa shape index (κ3) is 2.75. The minimum absolute atomic E-state index is 0.209. The van der Waals surface area contributed by atoms with Gasteiger partial charge in [-0.25, -0.2) is 0 Å². The van der Waals surface area contributed by atoms with Gasteiger partial charge < -0.3 is 10.2 Å². The Morgan fingerprint density at radius 3 is 2.06 bits per heavy atom. The Kier molecular flexibility index (Phi) is 3.78. The van der Waals surface area contributed by atoms with Crippen LogP contribution in [0.3, 0.4) is 0 Å². The maximum absolute atomic E-state index is 12.3. The highest BCUT2D eigenvalue weighted by Crippen LogP contribution is 2.18. The van der Waals surface area contributed by atoms with Crippen molar-refractivity contribution in [2.24, 2.45) is 0 Å². The first kappa shape index (κ1) is 13.6. The van der Waals surface area contributed by atoms with Crippen molar-refractivity contribution in [2.45, 2.75) is 33.2 Å². The summed E-state index contributed by atoms with van der Waals surface area (Å²) in [5.74, 6) is 0.236. The van der Waals surface area contributed by atoms with Crippen molar-refractivity contribution >= 4 is 5.91 Å². The molecule has 2 fully saturated rings. The molecule has 2 rings (SSSR count). The molecule has 4 nitrogen and oxygen atoms in total. The SMILES string of the molecule is CC(C(=O)N1CCN(C(C)(C)C)CC1)=C1CNC1. The van der Waals surface area contributed by atoms with E-state index >= 15 is 0 Å². The molecular weight excluding hydrogens is 226 g/mol. The molecule has 0 aromatic heterocycles. The van der Waals surface area contributed by atoms with E-state index in [1.54, 1.807) is 0 Å². The Morgan fingerprint density at radius 2 is 1.67 bits per heavy atom. The fraction of sp³-hybridized carbons (Fsp3) is 0.786. The van der Waals surface area contributed by atoms with Crippen molar-refractivity contribution in [3.05, 3.63) is 11.1 Å². The lowest BCUT2D eigenvalue weighted by Crippen LogP contribution is -2.55. The van der Waals surface area contributed by atoms with E-state index in [1.165, 1.54) is 5.57 Å². The van der Waals surface area contributed by atoms with Gasteiger partial charge in [0.25, 0.3) is 0 Å². The van der Waals surface area contributed by atoms with Crippen LogP contribution in [-0.4, -0.2) is 60.5 Å². The predicted molar refractivity (Wildman–Crippen MR) is 73.5 cm³/mol. The number of carbonyl (C=O) groups is 1. The van der Waals surface area contributed by atoms with E-state index in [1.807, 2.05) is 11.8 Å². The fourth-order valence-corrected chi connectivity index (χ4v) is 2.48. The largest absolute Gasteiger partial charge is 0.336 e. The van der Waals surface area contributed by atoms with E-state index in [0.717, 1.165) is 44.8 Å². The van der Waals surface area contributed by atoms with Gasteiger partial charge in [-0.15, -0.1) is 0 Å². The van der Waals surface area contributed by atoms with E-state index in [0.29, 0.717) is 0 Å². The van der Waals surface area contributed by atoms with Crippen LogP contribution in [0.2, 0.25) is 0 Å². The lowest BCUT2D eigenvalue weighted by molar-refractivity contribution is -0.129. The second kappa shape index (κ2) is 5.02. The zero-order chi connectivity index (χ0) is 13.3. The van der Waals surface area contributed by atoms with E-state index in [-0.39, 0.29) is 11.4 Å². The minimum Gasteiger partial charge on any atom is -0.336 e. The number of rotatable bonds is 1. The molecule has 2 aliphatic heterocycles. The molecule has 2 saturated heterocycles. The highest BCUT2D eigenvalue weighted by molar-refractivity contribution is 5.94. The van der Waals surface area contributed by atoms with Crippen LogP contribution in [0.4, 0.5) is 0 Å². The van der Waals surface area contributed by atoms with Gasteiger partial charge in [0.2, 0.25) is 5.91 Å². The molecule has 2 aliphatic rings. The van der Waals surface area contributed by atoms with Crippen LogP contribution in [0.1, 0.15) is 27.7 Å². The van der Waals surface area contributed by atoms with Crippen LogP contribution in [-0.2, 0) is 4.79 Å². The first-order valence-electron chi connectivity index (χ1n) is 6.83. The lowest BCUT2D eigenvalue weighted by Gasteiger charge is -2.42.